The molecule has 0 spiro atoms. The largest absolute Gasteiger partial charge is 0.505 e. The third-order valence-electron chi connectivity index (χ3n) is 4.74. The topological polar surface area (TPSA) is 91.9 Å². The van der Waals surface area contributed by atoms with E-state index < -0.39 is 6.23 Å². The molecule has 168 valence electrons. The van der Waals surface area contributed by atoms with E-state index >= 15 is 0 Å². The number of nitrogens with one attached hydrogen (secondary N) is 2. The van der Waals surface area contributed by atoms with Crippen molar-refractivity contribution >= 4 is 17.3 Å². The lowest BCUT2D eigenvalue weighted by molar-refractivity contribution is 0.187. The maximum Gasteiger partial charge on any atom is 0.243 e. The number of hydrazone groups is 1. The van der Waals surface area contributed by atoms with Crippen LogP contribution in [-0.2, 0) is 17.7 Å². The van der Waals surface area contributed by atoms with Gasteiger partial charge in [-0.2, -0.15) is 0 Å². The van der Waals surface area contributed by atoms with Gasteiger partial charge in [0.1, 0.15) is 11.6 Å². The lowest BCUT2D eigenvalue weighted by atomic mass is 10.1. The number of phenolic OH excluding ortho intramolecular Hbond substituents is 1. The van der Waals surface area contributed by atoms with Crippen LogP contribution in [0, 0.1) is 11.6 Å². The molecule has 0 fully saturated rings. The summed E-state index contributed by atoms with van der Waals surface area (Å²) in [5.74, 6) is -0.535. The predicted octanol–water partition coefficient (Wildman–Crippen LogP) is 4.74. The van der Waals surface area contributed by atoms with Gasteiger partial charge >= 0.3 is 0 Å². The highest BCUT2D eigenvalue weighted by atomic mass is 19.1. The smallest absolute Gasteiger partial charge is 0.243 e. The second-order valence-corrected chi connectivity index (χ2v) is 6.89. The molecule has 0 radical (unpaired) electrons. The minimum atomic E-state index is -0.442. The zero-order chi connectivity index (χ0) is 23.1. The number of phenols is 1. The van der Waals surface area contributed by atoms with Crippen LogP contribution in [0.25, 0.3) is 0 Å². The first-order chi connectivity index (χ1) is 15.5. The van der Waals surface area contributed by atoms with E-state index in [0.717, 1.165) is 11.1 Å². The molecule has 0 bridgehead atoms. The van der Waals surface area contributed by atoms with Crippen molar-refractivity contribution < 1.29 is 18.6 Å². The summed E-state index contributed by atoms with van der Waals surface area (Å²) in [6.07, 6.45) is 0.0308. The van der Waals surface area contributed by atoms with Crippen LogP contribution >= 0.6 is 0 Å². The highest BCUT2D eigenvalue weighted by Gasteiger charge is 2.24. The fourth-order valence-corrected chi connectivity index (χ4v) is 3.10. The van der Waals surface area contributed by atoms with E-state index in [4.69, 9.17) is 10.5 Å². The summed E-state index contributed by atoms with van der Waals surface area (Å²) < 4.78 is 31.8. The number of nitrogens with zero attached hydrogens (tertiary/aromatic N) is 1. The third kappa shape index (κ3) is 5.46. The first-order valence-corrected chi connectivity index (χ1v) is 10.3. The number of anilines is 2. The highest BCUT2D eigenvalue weighted by Crippen LogP contribution is 2.34. The quantitative estimate of drug-likeness (QED) is 0.328. The number of benzene rings is 3. The van der Waals surface area contributed by atoms with Gasteiger partial charge in [0.05, 0.1) is 16.9 Å². The molecule has 0 saturated carbocycles. The van der Waals surface area contributed by atoms with Gasteiger partial charge in [-0.15, -0.1) is 5.10 Å². The summed E-state index contributed by atoms with van der Waals surface area (Å²) in [7, 11) is 0. The SMILES string of the molecule is CC.Nc1c(NCc2ccc(F)cc2)ccc(C2=NNC(Cc3ccc(F)cc3)O2)c1O. The van der Waals surface area contributed by atoms with E-state index in [9.17, 15) is 13.9 Å². The Bertz CT molecular complexity index is 1070. The van der Waals surface area contributed by atoms with Gasteiger partial charge in [0.2, 0.25) is 5.90 Å². The van der Waals surface area contributed by atoms with Gasteiger partial charge in [-0.3, -0.25) is 5.43 Å². The van der Waals surface area contributed by atoms with Crippen LogP contribution in [0.5, 0.6) is 5.75 Å². The number of hydrogen-bond acceptors (Lipinski definition) is 6. The standard InChI is InChI=1S/C22H20F2N4O2.C2H6/c23-15-5-1-13(2-6-15)11-19-27-28-22(30-19)17-9-10-18(20(25)21(17)29)26-12-14-3-7-16(24)8-4-14;1-2/h1-10,19,26-27,29H,11-12,25H2;1-2H3. The molecule has 0 amide bonds. The zero-order valence-corrected chi connectivity index (χ0v) is 17.9. The molecule has 0 aliphatic carbocycles. The molecule has 3 aromatic carbocycles. The van der Waals surface area contributed by atoms with Gasteiger partial charge in [0.15, 0.2) is 12.0 Å². The number of hydrogen-bond donors (Lipinski definition) is 4. The number of halogens is 2. The molecular weight excluding hydrogens is 414 g/mol. The van der Waals surface area contributed by atoms with Gasteiger partial charge in [-0.05, 0) is 47.5 Å². The molecule has 8 heteroatoms. The molecule has 1 heterocycles. The second-order valence-electron chi connectivity index (χ2n) is 6.89. The van der Waals surface area contributed by atoms with Crippen LogP contribution in [0.3, 0.4) is 0 Å². The summed E-state index contributed by atoms with van der Waals surface area (Å²) in [6.45, 7) is 4.42. The highest BCUT2D eigenvalue weighted by molar-refractivity contribution is 6.00. The van der Waals surface area contributed by atoms with Crippen molar-refractivity contribution in [2.75, 3.05) is 11.1 Å². The normalized spacial score (nSPS) is 14.5. The maximum atomic E-state index is 13.0. The Labute approximate surface area is 185 Å². The van der Waals surface area contributed by atoms with Crippen LogP contribution in [0.15, 0.2) is 65.8 Å². The van der Waals surface area contributed by atoms with Crippen molar-refractivity contribution in [3.8, 4) is 5.75 Å². The van der Waals surface area contributed by atoms with Crippen molar-refractivity contribution in [1.82, 2.24) is 5.43 Å². The third-order valence-corrected chi connectivity index (χ3v) is 4.74. The Kier molecular flexibility index (Phi) is 7.49. The van der Waals surface area contributed by atoms with Crippen molar-refractivity contribution in [2.45, 2.75) is 33.0 Å². The van der Waals surface area contributed by atoms with Crippen molar-refractivity contribution in [2.24, 2.45) is 5.10 Å². The van der Waals surface area contributed by atoms with E-state index in [1.165, 1.54) is 24.3 Å². The fourth-order valence-electron chi connectivity index (χ4n) is 3.10. The van der Waals surface area contributed by atoms with Crippen LogP contribution in [0.2, 0.25) is 0 Å². The summed E-state index contributed by atoms with van der Waals surface area (Å²) in [5, 5.41) is 17.8. The van der Waals surface area contributed by atoms with Gasteiger partial charge in [0.25, 0.3) is 0 Å². The Morgan fingerprint density at radius 3 is 2.19 bits per heavy atom. The molecule has 1 aliphatic rings. The minimum absolute atomic E-state index is 0.151. The molecule has 3 aromatic rings. The average Bonchev–Trinajstić information content (AvgIpc) is 3.27. The van der Waals surface area contributed by atoms with Gasteiger partial charge in [-0.1, -0.05) is 38.1 Å². The lowest BCUT2D eigenvalue weighted by Crippen LogP contribution is -2.24. The predicted molar refractivity (Wildman–Crippen MR) is 122 cm³/mol. The molecule has 0 saturated heterocycles. The number of nitrogen functional groups attached to an aromatic ring is 1. The first-order valence-electron chi connectivity index (χ1n) is 10.3. The molecule has 0 aromatic heterocycles. The molecule has 1 unspecified atom stereocenters. The monoisotopic (exact) mass is 440 g/mol. The van der Waals surface area contributed by atoms with Gasteiger partial charge in [-0.25, -0.2) is 8.78 Å². The van der Waals surface area contributed by atoms with Gasteiger partial charge < -0.3 is 20.9 Å². The summed E-state index contributed by atoms with van der Waals surface area (Å²) >= 11 is 0. The van der Waals surface area contributed by atoms with E-state index in [0.29, 0.717) is 24.2 Å². The summed E-state index contributed by atoms with van der Waals surface area (Å²) in [4.78, 5) is 0. The number of nitrogens with two attached hydrogens (primary N) is 1. The molecule has 1 atom stereocenters. The molecule has 32 heavy (non-hydrogen) atoms. The molecule has 1 aliphatic heterocycles. The molecule has 5 N–H and O–H groups in total. The average molecular weight is 440 g/mol. The van der Waals surface area contributed by atoms with Crippen LogP contribution in [0.1, 0.15) is 30.5 Å². The minimum Gasteiger partial charge on any atom is -0.505 e. The number of rotatable bonds is 6. The van der Waals surface area contributed by atoms with E-state index in [1.54, 1.807) is 36.4 Å². The Balaban J connectivity index is 0.00000141. The van der Waals surface area contributed by atoms with E-state index in [2.05, 4.69) is 15.8 Å². The van der Waals surface area contributed by atoms with Crippen molar-refractivity contribution in [3.05, 3.63) is 89.0 Å². The van der Waals surface area contributed by atoms with E-state index in [-0.39, 0.29) is 29.0 Å². The number of ether oxygens (including phenoxy) is 1. The molecule has 4 rings (SSSR count). The molecular formula is C24H26F2N4O2. The maximum absolute atomic E-state index is 13.0. The number of aromatic hydroxyl groups is 1. The zero-order valence-electron chi connectivity index (χ0n) is 17.9. The Morgan fingerprint density at radius 1 is 0.969 bits per heavy atom. The Morgan fingerprint density at radius 2 is 1.56 bits per heavy atom. The van der Waals surface area contributed by atoms with Crippen LogP contribution in [0.4, 0.5) is 20.2 Å². The van der Waals surface area contributed by atoms with Gasteiger partial charge in [0, 0.05) is 13.0 Å². The summed E-state index contributed by atoms with van der Waals surface area (Å²) in [5.41, 5.74) is 11.7. The fraction of sp³-hybridized carbons (Fsp3) is 0.208. The van der Waals surface area contributed by atoms with Crippen molar-refractivity contribution in [3.63, 3.8) is 0 Å². The van der Waals surface area contributed by atoms with Crippen molar-refractivity contribution in [1.29, 1.82) is 0 Å². The van der Waals surface area contributed by atoms with Crippen LogP contribution in [-0.4, -0.2) is 17.2 Å². The first kappa shape index (κ1) is 22.9. The Hall–Kier alpha value is -3.81. The second kappa shape index (κ2) is 10.5. The summed E-state index contributed by atoms with van der Waals surface area (Å²) in [6, 6.07) is 15.6. The molecule has 6 nitrogen and oxygen atoms in total. The van der Waals surface area contributed by atoms with Crippen LogP contribution < -0.4 is 16.5 Å². The van der Waals surface area contributed by atoms with E-state index in [1.807, 2.05) is 13.8 Å². The lowest BCUT2D eigenvalue weighted by Gasteiger charge is -2.15.